The van der Waals surface area contributed by atoms with Crippen LogP contribution < -0.4 is 10.6 Å². The van der Waals surface area contributed by atoms with Gasteiger partial charge in [0, 0.05) is 23.4 Å². The van der Waals surface area contributed by atoms with Gasteiger partial charge in [-0.2, -0.15) is 0 Å². The van der Waals surface area contributed by atoms with Crippen LogP contribution in [0.15, 0.2) is 47.0 Å². The van der Waals surface area contributed by atoms with E-state index in [0.717, 1.165) is 42.9 Å². The van der Waals surface area contributed by atoms with Gasteiger partial charge >= 0.3 is 0 Å². The van der Waals surface area contributed by atoms with Gasteiger partial charge in [-0.05, 0) is 57.2 Å². The first-order valence-electron chi connectivity index (χ1n) is 9.61. The standard InChI is InChI=1S/C21H23ClN4O2S/c1-26-10-8-16(9-11-26)24-15-4-2-14(3-5-15)18-12-17(28-25-18)13-23-21(27)19-6-7-20(22)29-19/h2-7,12,16,24H,8-11,13H2,1H3,(H,23,27). The summed E-state index contributed by atoms with van der Waals surface area (Å²) in [6, 6.07) is 14.0. The molecular formula is C21H23ClN4O2S. The van der Waals surface area contributed by atoms with E-state index in [4.69, 9.17) is 16.1 Å². The molecular weight excluding hydrogens is 408 g/mol. The molecule has 152 valence electrons. The van der Waals surface area contributed by atoms with Crippen molar-refractivity contribution < 1.29 is 9.32 Å². The summed E-state index contributed by atoms with van der Waals surface area (Å²) in [5, 5.41) is 10.5. The molecule has 2 N–H and O–H groups in total. The zero-order valence-corrected chi connectivity index (χ0v) is 17.7. The molecule has 3 aromatic rings. The summed E-state index contributed by atoms with van der Waals surface area (Å²) >= 11 is 7.11. The van der Waals surface area contributed by atoms with Crippen molar-refractivity contribution >= 4 is 34.5 Å². The van der Waals surface area contributed by atoms with E-state index in [2.05, 4.69) is 39.9 Å². The molecule has 2 aromatic heterocycles. The number of anilines is 1. The quantitative estimate of drug-likeness (QED) is 0.602. The van der Waals surface area contributed by atoms with Crippen molar-refractivity contribution in [2.75, 3.05) is 25.5 Å². The summed E-state index contributed by atoms with van der Waals surface area (Å²) in [7, 11) is 2.17. The van der Waals surface area contributed by atoms with Gasteiger partial charge in [0.15, 0.2) is 5.76 Å². The second-order valence-electron chi connectivity index (χ2n) is 7.26. The first-order chi connectivity index (χ1) is 14.1. The number of halogens is 1. The number of hydrogen-bond donors (Lipinski definition) is 2. The van der Waals surface area contributed by atoms with Crippen LogP contribution >= 0.6 is 22.9 Å². The number of carbonyl (C=O) groups excluding carboxylic acids is 1. The number of nitrogens with zero attached hydrogens (tertiary/aromatic N) is 2. The van der Waals surface area contributed by atoms with Crippen LogP contribution in [0.1, 0.15) is 28.3 Å². The van der Waals surface area contributed by atoms with Crippen LogP contribution in [-0.4, -0.2) is 42.1 Å². The molecule has 1 fully saturated rings. The molecule has 1 aliphatic heterocycles. The fourth-order valence-corrected chi connectivity index (χ4v) is 4.31. The Balaban J connectivity index is 1.32. The Labute approximate surface area is 178 Å². The molecule has 1 amide bonds. The van der Waals surface area contributed by atoms with Crippen molar-refractivity contribution in [3.63, 3.8) is 0 Å². The van der Waals surface area contributed by atoms with E-state index < -0.39 is 0 Å². The summed E-state index contributed by atoms with van der Waals surface area (Å²) in [4.78, 5) is 15.0. The van der Waals surface area contributed by atoms with Crippen LogP contribution in [-0.2, 0) is 6.54 Å². The van der Waals surface area contributed by atoms with Gasteiger partial charge in [-0.25, -0.2) is 0 Å². The van der Waals surface area contributed by atoms with Crippen LogP contribution in [0.5, 0.6) is 0 Å². The minimum Gasteiger partial charge on any atom is -0.382 e. The van der Waals surface area contributed by atoms with E-state index >= 15 is 0 Å². The van der Waals surface area contributed by atoms with Gasteiger partial charge in [0.25, 0.3) is 5.91 Å². The van der Waals surface area contributed by atoms with E-state index in [1.807, 2.05) is 18.2 Å². The summed E-state index contributed by atoms with van der Waals surface area (Å²) in [5.74, 6) is 0.425. The number of hydrogen-bond acceptors (Lipinski definition) is 6. The van der Waals surface area contributed by atoms with E-state index in [1.165, 1.54) is 11.3 Å². The number of thiophene rings is 1. The average molecular weight is 431 g/mol. The Hall–Kier alpha value is -2.35. The molecule has 3 heterocycles. The van der Waals surface area contributed by atoms with Crippen molar-refractivity contribution in [3.05, 3.63) is 57.4 Å². The maximum atomic E-state index is 12.1. The van der Waals surface area contributed by atoms with Gasteiger partial charge in [-0.1, -0.05) is 28.9 Å². The largest absolute Gasteiger partial charge is 0.382 e. The van der Waals surface area contributed by atoms with Gasteiger partial charge in [-0.15, -0.1) is 11.3 Å². The Morgan fingerprint density at radius 1 is 1.24 bits per heavy atom. The maximum absolute atomic E-state index is 12.1. The Morgan fingerprint density at radius 3 is 2.69 bits per heavy atom. The molecule has 1 aliphatic rings. The number of nitrogens with one attached hydrogen (secondary N) is 2. The molecule has 0 spiro atoms. The van der Waals surface area contributed by atoms with Crippen molar-refractivity contribution in [2.45, 2.75) is 25.4 Å². The molecule has 0 unspecified atom stereocenters. The normalized spacial score (nSPS) is 15.4. The minimum absolute atomic E-state index is 0.177. The number of benzene rings is 1. The predicted molar refractivity (Wildman–Crippen MR) is 117 cm³/mol. The van der Waals surface area contributed by atoms with Gasteiger partial charge < -0.3 is 20.1 Å². The second-order valence-corrected chi connectivity index (χ2v) is 8.98. The molecule has 0 bridgehead atoms. The summed E-state index contributed by atoms with van der Waals surface area (Å²) < 4.78 is 5.95. The van der Waals surface area contributed by atoms with Gasteiger partial charge in [0.2, 0.25) is 0 Å². The third kappa shape index (κ3) is 5.18. The second kappa shape index (κ2) is 8.98. The number of rotatable bonds is 6. The van der Waals surface area contributed by atoms with Crippen molar-refractivity contribution in [1.29, 1.82) is 0 Å². The van der Waals surface area contributed by atoms with Crippen LogP contribution in [0.2, 0.25) is 4.34 Å². The zero-order chi connectivity index (χ0) is 20.2. The average Bonchev–Trinajstić information content (AvgIpc) is 3.38. The van der Waals surface area contributed by atoms with Crippen molar-refractivity contribution in [1.82, 2.24) is 15.4 Å². The third-order valence-corrected chi connectivity index (χ3v) is 6.28. The Bertz CT molecular complexity index is 961. The molecule has 8 heteroatoms. The minimum atomic E-state index is -0.177. The lowest BCUT2D eigenvalue weighted by Gasteiger charge is -2.30. The molecule has 6 nitrogen and oxygen atoms in total. The Kier molecular flexibility index (Phi) is 6.18. The van der Waals surface area contributed by atoms with E-state index in [-0.39, 0.29) is 12.5 Å². The summed E-state index contributed by atoms with van der Waals surface area (Å²) in [6.45, 7) is 2.54. The van der Waals surface area contributed by atoms with Crippen LogP contribution in [0.25, 0.3) is 11.3 Å². The summed E-state index contributed by atoms with van der Waals surface area (Å²) in [6.07, 6.45) is 2.32. The van der Waals surface area contributed by atoms with E-state index in [9.17, 15) is 4.79 Å². The third-order valence-electron chi connectivity index (χ3n) is 5.05. The number of aromatic nitrogens is 1. The lowest BCUT2D eigenvalue weighted by molar-refractivity contribution is 0.0951. The Morgan fingerprint density at radius 2 is 2.00 bits per heavy atom. The molecule has 29 heavy (non-hydrogen) atoms. The monoisotopic (exact) mass is 430 g/mol. The van der Waals surface area contributed by atoms with E-state index in [1.54, 1.807) is 12.1 Å². The first-order valence-corrected chi connectivity index (χ1v) is 10.8. The van der Waals surface area contributed by atoms with Crippen LogP contribution in [0, 0.1) is 0 Å². The molecule has 0 radical (unpaired) electrons. The lowest BCUT2D eigenvalue weighted by atomic mass is 10.0. The maximum Gasteiger partial charge on any atom is 0.261 e. The van der Waals surface area contributed by atoms with E-state index in [0.29, 0.717) is 21.0 Å². The molecule has 1 aromatic carbocycles. The topological polar surface area (TPSA) is 70.4 Å². The molecule has 0 atom stereocenters. The number of carbonyl (C=O) groups is 1. The van der Waals surface area contributed by atoms with Gasteiger partial charge in [-0.3, -0.25) is 4.79 Å². The zero-order valence-electron chi connectivity index (χ0n) is 16.2. The lowest BCUT2D eigenvalue weighted by Crippen LogP contribution is -2.36. The molecule has 4 rings (SSSR count). The fraction of sp³-hybridized carbons (Fsp3) is 0.333. The van der Waals surface area contributed by atoms with Gasteiger partial charge in [0.05, 0.1) is 15.8 Å². The SMILES string of the molecule is CN1CCC(Nc2ccc(-c3cc(CNC(=O)c4ccc(Cl)s4)on3)cc2)CC1. The number of likely N-dealkylation sites (tertiary alicyclic amines) is 1. The van der Waals surface area contributed by atoms with Crippen molar-refractivity contribution in [3.8, 4) is 11.3 Å². The predicted octanol–water partition coefficient (Wildman–Crippen LogP) is 4.49. The van der Waals surface area contributed by atoms with Crippen molar-refractivity contribution in [2.24, 2.45) is 0 Å². The highest BCUT2D eigenvalue weighted by molar-refractivity contribution is 7.17. The molecule has 0 saturated carbocycles. The highest BCUT2D eigenvalue weighted by Crippen LogP contribution is 2.24. The molecule has 1 saturated heterocycles. The smallest absolute Gasteiger partial charge is 0.261 e. The van der Waals surface area contributed by atoms with Crippen LogP contribution in [0.3, 0.4) is 0 Å². The molecule has 0 aliphatic carbocycles. The number of amides is 1. The number of piperidine rings is 1. The fourth-order valence-electron chi connectivity index (χ4n) is 3.35. The first kappa shape index (κ1) is 19.9. The van der Waals surface area contributed by atoms with Crippen LogP contribution in [0.4, 0.5) is 5.69 Å². The summed E-state index contributed by atoms with van der Waals surface area (Å²) in [5.41, 5.74) is 2.85. The van der Waals surface area contributed by atoms with Gasteiger partial charge in [0.1, 0.15) is 5.69 Å². The highest BCUT2D eigenvalue weighted by atomic mass is 35.5. The highest BCUT2D eigenvalue weighted by Gasteiger charge is 2.16.